The molecule has 0 bridgehead atoms. The average Bonchev–Trinajstić information content (AvgIpc) is 3.35. The van der Waals surface area contributed by atoms with Gasteiger partial charge in [-0.15, -0.1) is 0 Å². The van der Waals surface area contributed by atoms with E-state index in [0.29, 0.717) is 5.56 Å². The molecule has 0 aliphatic carbocycles. The van der Waals surface area contributed by atoms with Crippen LogP contribution in [0.15, 0.2) is 53.9 Å². The summed E-state index contributed by atoms with van der Waals surface area (Å²) >= 11 is 1.68. The number of nitrogens with zero attached hydrogens (tertiary/aromatic N) is 4. The van der Waals surface area contributed by atoms with Gasteiger partial charge in [-0.3, -0.25) is 9.36 Å². The summed E-state index contributed by atoms with van der Waals surface area (Å²) in [5.41, 5.74) is 1.87. The highest BCUT2D eigenvalue weighted by molar-refractivity contribution is 7.08. The number of likely N-dealkylation sites (tertiary alicyclic amines) is 1. The summed E-state index contributed by atoms with van der Waals surface area (Å²) in [5.74, 6) is 0.818. The predicted octanol–water partition coefficient (Wildman–Crippen LogP) is 3.31. The zero-order valence-corrected chi connectivity index (χ0v) is 13.3. The number of hydrogen-bond acceptors (Lipinski definition) is 4. The van der Waals surface area contributed by atoms with Gasteiger partial charge in [0.15, 0.2) is 0 Å². The molecule has 23 heavy (non-hydrogen) atoms. The molecule has 1 saturated heterocycles. The standard InChI is InChI=1S/C17H16N4OS/c22-17(21-7-1-2-15(21)14-5-9-23-11-14)13-3-4-16(19-10-13)20-8-6-18-12-20/h3-6,8-12,15H,1-2,7H2/t15-/m1/s1. The van der Waals surface area contributed by atoms with E-state index in [0.717, 1.165) is 25.2 Å². The van der Waals surface area contributed by atoms with Crippen molar-refractivity contribution in [2.75, 3.05) is 6.54 Å². The Morgan fingerprint density at radius 3 is 2.96 bits per heavy atom. The van der Waals surface area contributed by atoms with Crippen LogP contribution in [-0.2, 0) is 0 Å². The molecule has 0 spiro atoms. The molecule has 0 unspecified atom stereocenters. The van der Waals surface area contributed by atoms with Crippen LogP contribution in [0.2, 0.25) is 0 Å². The molecule has 0 N–H and O–H groups in total. The van der Waals surface area contributed by atoms with Crippen LogP contribution in [-0.4, -0.2) is 31.9 Å². The first kappa shape index (κ1) is 14.1. The summed E-state index contributed by atoms with van der Waals surface area (Å²) in [6.45, 7) is 0.808. The van der Waals surface area contributed by atoms with Crippen molar-refractivity contribution in [1.82, 2.24) is 19.4 Å². The number of thiophene rings is 1. The number of carbonyl (C=O) groups excluding carboxylic acids is 1. The Kier molecular flexibility index (Phi) is 3.67. The number of imidazole rings is 1. The number of carbonyl (C=O) groups is 1. The topological polar surface area (TPSA) is 51.0 Å². The number of amides is 1. The van der Waals surface area contributed by atoms with Crippen LogP contribution >= 0.6 is 11.3 Å². The molecule has 1 atom stereocenters. The predicted molar refractivity (Wildman–Crippen MR) is 88.7 cm³/mol. The van der Waals surface area contributed by atoms with E-state index in [1.165, 1.54) is 5.56 Å². The molecule has 1 aliphatic heterocycles. The second-order valence-electron chi connectivity index (χ2n) is 5.59. The van der Waals surface area contributed by atoms with Gasteiger partial charge in [0.2, 0.25) is 0 Å². The summed E-state index contributed by atoms with van der Waals surface area (Å²) in [7, 11) is 0. The molecule has 1 aliphatic rings. The normalized spacial score (nSPS) is 17.6. The Morgan fingerprint density at radius 2 is 2.26 bits per heavy atom. The van der Waals surface area contributed by atoms with Crippen molar-refractivity contribution in [2.45, 2.75) is 18.9 Å². The van der Waals surface area contributed by atoms with Crippen LogP contribution in [0, 0.1) is 0 Å². The number of rotatable bonds is 3. The third-order valence-electron chi connectivity index (χ3n) is 4.21. The zero-order chi connectivity index (χ0) is 15.6. The number of aromatic nitrogens is 3. The van der Waals surface area contributed by atoms with Gasteiger partial charge in [0.25, 0.3) is 5.91 Å². The first-order chi connectivity index (χ1) is 11.3. The van der Waals surface area contributed by atoms with E-state index < -0.39 is 0 Å². The van der Waals surface area contributed by atoms with Crippen LogP contribution in [0.1, 0.15) is 34.8 Å². The monoisotopic (exact) mass is 324 g/mol. The maximum atomic E-state index is 12.8. The smallest absolute Gasteiger partial charge is 0.255 e. The van der Waals surface area contributed by atoms with Gasteiger partial charge in [0.05, 0.1) is 11.6 Å². The minimum atomic E-state index is 0.0587. The van der Waals surface area contributed by atoms with Crippen molar-refractivity contribution < 1.29 is 4.79 Å². The number of hydrogen-bond donors (Lipinski definition) is 0. The first-order valence-electron chi connectivity index (χ1n) is 7.60. The molecule has 3 aromatic heterocycles. The molecule has 1 amide bonds. The molecule has 5 nitrogen and oxygen atoms in total. The molecule has 4 rings (SSSR count). The van der Waals surface area contributed by atoms with E-state index in [9.17, 15) is 4.79 Å². The third kappa shape index (κ3) is 2.66. The highest BCUT2D eigenvalue weighted by atomic mass is 32.1. The maximum Gasteiger partial charge on any atom is 0.255 e. The second-order valence-corrected chi connectivity index (χ2v) is 6.37. The van der Waals surface area contributed by atoms with Crippen LogP contribution in [0.25, 0.3) is 5.82 Å². The Bertz CT molecular complexity index is 781. The van der Waals surface area contributed by atoms with Crippen LogP contribution < -0.4 is 0 Å². The summed E-state index contributed by atoms with van der Waals surface area (Å²) in [6.07, 6.45) is 8.96. The van der Waals surface area contributed by atoms with Crippen molar-refractivity contribution in [3.8, 4) is 5.82 Å². The van der Waals surface area contributed by atoms with Crippen LogP contribution in [0.4, 0.5) is 0 Å². The fourth-order valence-corrected chi connectivity index (χ4v) is 3.75. The van der Waals surface area contributed by atoms with Gasteiger partial charge in [0.1, 0.15) is 12.1 Å². The molecule has 116 valence electrons. The van der Waals surface area contributed by atoms with E-state index in [-0.39, 0.29) is 11.9 Å². The SMILES string of the molecule is O=C(c1ccc(-n2ccnc2)nc1)N1CCC[C@@H]1c1ccsc1. The molecule has 1 fully saturated rings. The van der Waals surface area contributed by atoms with Crippen molar-refractivity contribution in [3.05, 3.63) is 65.0 Å². The Hall–Kier alpha value is -2.47. The quantitative estimate of drug-likeness (QED) is 0.743. The van der Waals surface area contributed by atoms with Gasteiger partial charge in [-0.2, -0.15) is 11.3 Å². The second kappa shape index (κ2) is 5.96. The number of pyridine rings is 1. The van der Waals surface area contributed by atoms with Gasteiger partial charge in [0, 0.05) is 25.1 Å². The average molecular weight is 324 g/mol. The van der Waals surface area contributed by atoms with E-state index in [1.807, 2.05) is 27.8 Å². The van der Waals surface area contributed by atoms with Crippen LogP contribution in [0.3, 0.4) is 0 Å². The molecule has 0 radical (unpaired) electrons. The first-order valence-corrected chi connectivity index (χ1v) is 8.54. The molecular weight excluding hydrogens is 308 g/mol. The van der Waals surface area contributed by atoms with E-state index in [2.05, 4.69) is 26.8 Å². The Morgan fingerprint density at radius 1 is 1.30 bits per heavy atom. The highest BCUT2D eigenvalue weighted by Crippen LogP contribution is 2.34. The van der Waals surface area contributed by atoms with Gasteiger partial charge in [-0.05, 0) is 47.4 Å². The maximum absolute atomic E-state index is 12.8. The summed E-state index contributed by atoms with van der Waals surface area (Å²) in [6, 6.07) is 6.00. The van der Waals surface area contributed by atoms with Crippen LogP contribution in [0.5, 0.6) is 0 Å². The van der Waals surface area contributed by atoms with Gasteiger partial charge in [-0.25, -0.2) is 9.97 Å². The van der Waals surface area contributed by atoms with Crippen molar-refractivity contribution in [2.24, 2.45) is 0 Å². The lowest BCUT2D eigenvalue weighted by molar-refractivity contribution is 0.0735. The summed E-state index contributed by atoms with van der Waals surface area (Å²) in [4.78, 5) is 23.2. The zero-order valence-electron chi connectivity index (χ0n) is 12.5. The Labute approximate surface area is 138 Å². The highest BCUT2D eigenvalue weighted by Gasteiger charge is 2.30. The minimum Gasteiger partial charge on any atom is -0.332 e. The van der Waals surface area contributed by atoms with Gasteiger partial charge < -0.3 is 4.90 Å². The summed E-state index contributed by atoms with van der Waals surface area (Å²) in [5, 5.41) is 4.20. The lowest BCUT2D eigenvalue weighted by Gasteiger charge is -2.24. The Balaban J connectivity index is 1.56. The molecule has 0 saturated carbocycles. The fraction of sp³-hybridized carbons (Fsp3) is 0.235. The van der Waals surface area contributed by atoms with E-state index in [1.54, 1.807) is 30.1 Å². The van der Waals surface area contributed by atoms with E-state index in [4.69, 9.17) is 0 Å². The third-order valence-corrected chi connectivity index (χ3v) is 4.91. The van der Waals surface area contributed by atoms with Crippen molar-refractivity contribution in [3.63, 3.8) is 0 Å². The fourth-order valence-electron chi connectivity index (χ4n) is 3.05. The molecular formula is C17H16N4OS. The van der Waals surface area contributed by atoms with Crippen molar-refractivity contribution in [1.29, 1.82) is 0 Å². The molecule has 4 heterocycles. The van der Waals surface area contributed by atoms with Crippen molar-refractivity contribution >= 4 is 17.2 Å². The largest absolute Gasteiger partial charge is 0.332 e. The van der Waals surface area contributed by atoms with Gasteiger partial charge in [-0.1, -0.05) is 0 Å². The van der Waals surface area contributed by atoms with Gasteiger partial charge >= 0.3 is 0 Å². The van der Waals surface area contributed by atoms with E-state index >= 15 is 0 Å². The molecule has 3 aromatic rings. The lowest BCUT2D eigenvalue weighted by Crippen LogP contribution is -2.30. The lowest BCUT2D eigenvalue weighted by atomic mass is 10.1. The minimum absolute atomic E-state index is 0.0587. The molecule has 0 aromatic carbocycles. The summed E-state index contributed by atoms with van der Waals surface area (Å²) < 4.78 is 1.82. The molecule has 6 heteroatoms.